The number of fused-ring (bicyclic) bond motifs is 1. The van der Waals surface area contributed by atoms with Gasteiger partial charge in [-0.15, -0.1) is 0 Å². The summed E-state index contributed by atoms with van der Waals surface area (Å²) >= 11 is 0. The summed E-state index contributed by atoms with van der Waals surface area (Å²) in [5, 5.41) is 9.52. The van der Waals surface area contributed by atoms with Gasteiger partial charge >= 0.3 is 11.8 Å². The zero-order chi connectivity index (χ0) is 21.9. The molecule has 3 rings (SSSR count). The molecule has 0 spiro atoms. The normalized spacial score (nSPS) is 14.5. The Kier molecular flexibility index (Phi) is 6.57. The van der Waals surface area contributed by atoms with E-state index in [0.717, 1.165) is 5.56 Å². The maximum atomic E-state index is 12.5. The van der Waals surface area contributed by atoms with Crippen LogP contribution < -0.4 is 10.6 Å². The molecule has 2 aromatic rings. The van der Waals surface area contributed by atoms with E-state index in [0.29, 0.717) is 36.5 Å². The number of nitrogens with zero attached hydrogens (tertiary/aromatic N) is 2. The van der Waals surface area contributed by atoms with Crippen LogP contribution in [0.1, 0.15) is 37.1 Å². The van der Waals surface area contributed by atoms with Crippen molar-refractivity contribution in [3.8, 4) is 5.69 Å². The second kappa shape index (κ2) is 8.97. The predicted octanol–water partition coefficient (Wildman–Crippen LogP) is 1.48. The Morgan fingerprint density at radius 1 is 1.20 bits per heavy atom. The molecule has 30 heavy (non-hydrogen) atoms. The van der Waals surface area contributed by atoms with Gasteiger partial charge in [0.05, 0.1) is 29.0 Å². The monoisotopic (exact) mass is 434 g/mol. The highest BCUT2D eigenvalue weighted by molar-refractivity contribution is 7.90. The summed E-state index contributed by atoms with van der Waals surface area (Å²) in [5.74, 6) is -1.87. The molecule has 2 amide bonds. The third kappa shape index (κ3) is 5.06. The van der Waals surface area contributed by atoms with E-state index in [2.05, 4.69) is 15.7 Å². The lowest BCUT2D eigenvalue weighted by Gasteiger charge is -2.13. The highest BCUT2D eigenvalue weighted by Gasteiger charge is 2.34. The van der Waals surface area contributed by atoms with Gasteiger partial charge in [0, 0.05) is 18.7 Å². The number of para-hydroxylation sites is 1. The Labute approximate surface area is 175 Å². The SMILES string of the molecule is Cc1ccccc1-n1nc2c(c1NC(=O)C(=O)NCCCOC(C)C)CS(=O)(=O)C2. The van der Waals surface area contributed by atoms with Crippen molar-refractivity contribution in [2.24, 2.45) is 0 Å². The molecule has 162 valence electrons. The summed E-state index contributed by atoms with van der Waals surface area (Å²) in [5.41, 5.74) is 2.40. The van der Waals surface area contributed by atoms with Crippen LogP contribution in [-0.4, -0.2) is 49.3 Å². The smallest absolute Gasteiger partial charge is 0.314 e. The first-order valence-electron chi connectivity index (χ1n) is 9.76. The van der Waals surface area contributed by atoms with Gasteiger partial charge in [-0.3, -0.25) is 9.59 Å². The molecule has 0 unspecified atom stereocenters. The van der Waals surface area contributed by atoms with Crippen molar-refractivity contribution in [1.82, 2.24) is 15.1 Å². The van der Waals surface area contributed by atoms with Crippen molar-refractivity contribution in [1.29, 1.82) is 0 Å². The van der Waals surface area contributed by atoms with Crippen LogP contribution in [0.3, 0.4) is 0 Å². The molecule has 0 fully saturated rings. The first-order valence-corrected chi connectivity index (χ1v) is 11.6. The fourth-order valence-electron chi connectivity index (χ4n) is 3.18. The fourth-order valence-corrected chi connectivity index (χ4v) is 4.68. The van der Waals surface area contributed by atoms with Crippen molar-refractivity contribution < 1.29 is 22.7 Å². The van der Waals surface area contributed by atoms with Crippen LogP contribution in [-0.2, 0) is 35.7 Å². The van der Waals surface area contributed by atoms with Crippen molar-refractivity contribution in [3.05, 3.63) is 41.1 Å². The molecule has 9 nitrogen and oxygen atoms in total. The summed E-state index contributed by atoms with van der Waals surface area (Å²) in [4.78, 5) is 24.7. The molecule has 1 aromatic heterocycles. The van der Waals surface area contributed by atoms with Gasteiger partial charge in [0.1, 0.15) is 5.82 Å². The quantitative estimate of drug-likeness (QED) is 0.503. The molecule has 1 aliphatic rings. The van der Waals surface area contributed by atoms with Gasteiger partial charge in [0.15, 0.2) is 9.84 Å². The summed E-state index contributed by atoms with van der Waals surface area (Å²) in [6, 6.07) is 7.39. The van der Waals surface area contributed by atoms with Crippen LogP contribution in [0.2, 0.25) is 0 Å². The van der Waals surface area contributed by atoms with E-state index in [-0.39, 0.29) is 23.4 Å². The van der Waals surface area contributed by atoms with Crippen molar-refractivity contribution >= 4 is 27.5 Å². The number of carbonyl (C=O) groups is 2. The lowest BCUT2D eigenvalue weighted by Crippen LogP contribution is -2.37. The van der Waals surface area contributed by atoms with E-state index in [9.17, 15) is 18.0 Å². The van der Waals surface area contributed by atoms with E-state index >= 15 is 0 Å². The second-order valence-electron chi connectivity index (χ2n) is 7.49. The summed E-state index contributed by atoms with van der Waals surface area (Å²) in [6.07, 6.45) is 0.676. The number of amides is 2. The minimum absolute atomic E-state index is 0.101. The molecule has 0 aliphatic carbocycles. The van der Waals surface area contributed by atoms with Gasteiger partial charge in [-0.2, -0.15) is 5.10 Å². The van der Waals surface area contributed by atoms with Gasteiger partial charge in [0.2, 0.25) is 0 Å². The van der Waals surface area contributed by atoms with Gasteiger partial charge in [-0.1, -0.05) is 18.2 Å². The maximum absolute atomic E-state index is 12.5. The number of nitrogens with one attached hydrogen (secondary N) is 2. The highest BCUT2D eigenvalue weighted by atomic mass is 32.2. The van der Waals surface area contributed by atoms with Crippen LogP contribution in [0.25, 0.3) is 5.69 Å². The number of anilines is 1. The third-order valence-corrected chi connectivity index (χ3v) is 6.07. The molecular formula is C20H26N4O5S. The highest BCUT2D eigenvalue weighted by Crippen LogP contribution is 2.33. The van der Waals surface area contributed by atoms with E-state index in [1.54, 1.807) is 0 Å². The molecular weight excluding hydrogens is 408 g/mol. The molecule has 0 saturated heterocycles. The standard InChI is InChI=1S/C20H26N4O5S/c1-13(2)29-10-6-9-21-19(25)20(26)22-18-15-11-30(27,28)12-16(15)23-24(18)17-8-5-4-7-14(17)3/h4-5,7-8,13H,6,9-12H2,1-3H3,(H,21,25)(H,22,26). The fraction of sp³-hybridized carbons (Fsp3) is 0.450. The van der Waals surface area contributed by atoms with Crippen LogP contribution >= 0.6 is 0 Å². The predicted molar refractivity (Wildman–Crippen MR) is 112 cm³/mol. The number of aryl methyl sites for hydroxylation is 1. The molecule has 2 heterocycles. The summed E-state index contributed by atoms with van der Waals surface area (Å²) < 4.78 is 31.0. The van der Waals surface area contributed by atoms with Gasteiger partial charge < -0.3 is 15.4 Å². The average Bonchev–Trinajstić information content (AvgIpc) is 3.13. The molecule has 1 aliphatic heterocycles. The number of hydrogen-bond donors (Lipinski definition) is 2. The maximum Gasteiger partial charge on any atom is 0.314 e. The van der Waals surface area contributed by atoms with Gasteiger partial charge in [0.25, 0.3) is 0 Å². The van der Waals surface area contributed by atoms with Crippen LogP contribution in [0.4, 0.5) is 5.82 Å². The number of aromatic nitrogens is 2. The van der Waals surface area contributed by atoms with E-state index in [1.807, 2.05) is 45.0 Å². The molecule has 0 radical (unpaired) electrons. The Balaban J connectivity index is 1.77. The Morgan fingerprint density at radius 2 is 1.93 bits per heavy atom. The first-order chi connectivity index (χ1) is 14.2. The number of rotatable bonds is 7. The van der Waals surface area contributed by atoms with E-state index < -0.39 is 21.7 Å². The zero-order valence-electron chi connectivity index (χ0n) is 17.3. The first kappa shape index (κ1) is 22.0. The number of sulfone groups is 1. The Hall–Kier alpha value is -2.72. The average molecular weight is 435 g/mol. The van der Waals surface area contributed by atoms with Crippen LogP contribution in [0, 0.1) is 6.92 Å². The lowest BCUT2D eigenvalue weighted by molar-refractivity contribution is -0.136. The Bertz CT molecular complexity index is 1060. The topological polar surface area (TPSA) is 119 Å². The lowest BCUT2D eigenvalue weighted by atomic mass is 10.2. The summed E-state index contributed by atoms with van der Waals surface area (Å²) in [7, 11) is -3.32. The molecule has 2 N–H and O–H groups in total. The molecule has 10 heteroatoms. The minimum atomic E-state index is -3.32. The van der Waals surface area contributed by atoms with Crippen molar-refractivity contribution in [2.75, 3.05) is 18.5 Å². The van der Waals surface area contributed by atoms with Crippen molar-refractivity contribution in [3.63, 3.8) is 0 Å². The minimum Gasteiger partial charge on any atom is -0.379 e. The Morgan fingerprint density at radius 3 is 2.63 bits per heavy atom. The van der Waals surface area contributed by atoms with Crippen LogP contribution in [0.15, 0.2) is 24.3 Å². The van der Waals surface area contributed by atoms with Crippen molar-refractivity contribution in [2.45, 2.75) is 44.8 Å². The summed E-state index contributed by atoms with van der Waals surface area (Å²) in [6.45, 7) is 6.49. The molecule has 1 aromatic carbocycles. The third-order valence-electron chi connectivity index (χ3n) is 4.63. The second-order valence-corrected chi connectivity index (χ2v) is 9.55. The molecule has 0 bridgehead atoms. The van der Waals surface area contributed by atoms with Gasteiger partial charge in [-0.25, -0.2) is 13.1 Å². The number of hydrogen-bond acceptors (Lipinski definition) is 6. The van der Waals surface area contributed by atoms with Crippen LogP contribution in [0.5, 0.6) is 0 Å². The number of benzene rings is 1. The molecule has 0 atom stereocenters. The molecule has 0 saturated carbocycles. The number of ether oxygens (including phenoxy) is 1. The largest absolute Gasteiger partial charge is 0.379 e. The van der Waals surface area contributed by atoms with E-state index in [1.165, 1.54) is 4.68 Å². The van der Waals surface area contributed by atoms with E-state index in [4.69, 9.17) is 4.74 Å². The van der Waals surface area contributed by atoms with Gasteiger partial charge in [-0.05, 0) is 38.8 Å². The zero-order valence-corrected chi connectivity index (χ0v) is 18.1. The number of carbonyl (C=O) groups excluding carboxylic acids is 2.